The van der Waals surface area contributed by atoms with Gasteiger partial charge in [-0.3, -0.25) is 9.56 Å². The summed E-state index contributed by atoms with van der Waals surface area (Å²) < 4.78 is 6.96. The zero-order valence-corrected chi connectivity index (χ0v) is 11.4. The molecule has 3 heterocycles. The Morgan fingerprint density at radius 3 is 2.81 bits per heavy atom. The summed E-state index contributed by atoms with van der Waals surface area (Å²) >= 11 is 0. The second-order valence-electron chi connectivity index (χ2n) is 5.18. The van der Waals surface area contributed by atoms with Gasteiger partial charge in [-0.15, -0.1) is 0 Å². The molecule has 1 aromatic heterocycles. The first kappa shape index (κ1) is 14.4. The summed E-state index contributed by atoms with van der Waals surface area (Å²) in [6, 6.07) is 0. The smallest absolute Gasteiger partial charge is 0.165 e. The fourth-order valence-corrected chi connectivity index (χ4v) is 2.57. The Morgan fingerprint density at radius 1 is 1.38 bits per heavy atom. The summed E-state index contributed by atoms with van der Waals surface area (Å²) in [5.74, 6) is 1.05. The Morgan fingerprint density at radius 2 is 2.14 bits per heavy atom. The number of amidine groups is 1. The quantitative estimate of drug-likeness (QED) is 0.443. The topological polar surface area (TPSA) is 132 Å². The number of aliphatic hydroxyl groups excluding tert-OH is 4. The third-order valence-electron chi connectivity index (χ3n) is 3.73. The van der Waals surface area contributed by atoms with E-state index in [0.717, 1.165) is 0 Å². The van der Waals surface area contributed by atoms with E-state index in [1.165, 1.54) is 10.9 Å². The van der Waals surface area contributed by atoms with Crippen molar-refractivity contribution in [3.05, 3.63) is 12.0 Å². The number of aliphatic imine (C=N–C) groups is 1. The third-order valence-corrected chi connectivity index (χ3v) is 3.73. The van der Waals surface area contributed by atoms with Crippen LogP contribution in [0.2, 0.25) is 0 Å². The van der Waals surface area contributed by atoms with Gasteiger partial charge in [0.2, 0.25) is 0 Å². The summed E-state index contributed by atoms with van der Waals surface area (Å²) in [6.07, 6.45) is -3.61. The van der Waals surface area contributed by atoms with E-state index in [4.69, 9.17) is 9.84 Å². The van der Waals surface area contributed by atoms with Crippen molar-refractivity contribution >= 4 is 11.7 Å². The summed E-state index contributed by atoms with van der Waals surface area (Å²) in [5.41, 5.74) is 0.397. The maximum atomic E-state index is 10.1. The van der Waals surface area contributed by atoms with E-state index in [9.17, 15) is 15.3 Å². The third kappa shape index (κ3) is 2.32. The van der Waals surface area contributed by atoms with Crippen molar-refractivity contribution in [2.45, 2.75) is 37.6 Å². The van der Waals surface area contributed by atoms with Gasteiger partial charge in [-0.05, 0) is 6.92 Å². The minimum Gasteiger partial charge on any atom is -0.394 e. The molecule has 0 spiro atoms. The molecular formula is C12H18N4O5. The predicted molar refractivity (Wildman–Crippen MR) is 71.8 cm³/mol. The first-order valence-corrected chi connectivity index (χ1v) is 6.68. The molecular weight excluding hydrogens is 280 g/mol. The fraction of sp³-hybridized carbons (Fsp3) is 0.667. The van der Waals surface area contributed by atoms with E-state index >= 15 is 0 Å². The molecule has 0 radical (unpaired) electrons. The molecule has 5 atom stereocenters. The summed E-state index contributed by atoms with van der Waals surface area (Å²) in [5, 5.41) is 42.1. The molecule has 1 fully saturated rings. The van der Waals surface area contributed by atoms with Gasteiger partial charge in [0, 0.05) is 0 Å². The van der Waals surface area contributed by atoms with Gasteiger partial charge in [0.15, 0.2) is 6.23 Å². The number of nitrogens with zero attached hydrogens (tertiary/aromatic N) is 3. The molecule has 1 saturated heterocycles. The Balaban J connectivity index is 1.96. The van der Waals surface area contributed by atoms with Crippen LogP contribution in [0.25, 0.3) is 0 Å². The highest BCUT2D eigenvalue weighted by Gasteiger charge is 2.44. The summed E-state index contributed by atoms with van der Waals surface area (Å²) in [4.78, 5) is 8.26. The van der Waals surface area contributed by atoms with E-state index < -0.39 is 37.3 Å². The molecule has 116 valence electrons. The minimum absolute atomic E-state index is 0.193. The lowest BCUT2D eigenvalue weighted by atomic mass is 10.1. The maximum Gasteiger partial charge on any atom is 0.165 e. The molecule has 0 aromatic carbocycles. The van der Waals surface area contributed by atoms with Gasteiger partial charge in [0.25, 0.3) is 0 Å². The van der Waals surface area contributed by atoms with Gasteiger partial charge in [-0.1, -0.05) is 0 Å². The second-order valence-corrected chi connectivity index (χ2v) is 5.18. The lowest BCUT2D eigenvalue weighted by Crippen LogP contribution is -2.33. The normalized spacial score (nSPS) is 35.9. The average molecular weight is 298 g/mol. The van der Waals surface area contributed by atoms with Gasteiger partial charge >= 0.3 is 0 Å². The number of imidazole rings is 1. The molecule has 0 amide bonds. The lowest BCUT2D eigenvalue weighted by Gasteiger charge is -2.19. The van der Waals surface area contributed by atoms with Crippen molar-refractivity contribution in [1.82, 2.24) is 9.55 Å². The predicted octanol–water partition coefficient (Wildman–Crippen LogP) is -1.63. The van der Waals surface area contributed by atoms with Gasteiger partial charge in [0.1, 0.15) is 35.9 Å². The SMILES string of the molecule is CC1=NC[C@@H](O)c2ncn([C@H]3O[C@@H](CO)[C@H](O)[C@@H]3O)c2N1. The van der Waals surface area contributed by atoms with Crippen LogP contribution in [0.1, 0.15) is 24.9 Å². The number of aromatic nitrogens is 2. The largest absolute Gasteiger partial charge is 0.394 e. The monoisotopic (exact) mass is 298 g/mol. The van der Waals surface area contributed by atoms with E-state index in [0.29, 0.717) is 17.3 Å². The lowest BCUT2D eigenvalue weighted by molar-refractivity contribution is -0.0518. The number of rotatable bonds is 2. The number of hydrogen-bond donors (Lipinski definition) is 5. The zero-order valence-electron chi connectivity index (χ0n) is 11.4. The molecule has 2 aliphatic rings. The highest BCUT2D eigenvalue weighted by molar-refractivity contribution is 5.93. The number of nitrogens with one attached hydrogen (secondary N) is 1. The van der Waals surface area contributed by atoms with Gasteiger partial charge < -0.3 is 30.5 Å². The van der Waals surface area contributed by atoms with Crippen molar-refractivity contribution < 1.29 is 25.2 Å². The Hall–Kier alpha value is -1.52. The van der Waals surface area contributed by atoms with E-state index in [1.807, 2.05) is 0 Å². The molecule has 9 heteroatoms. The molecule has 3 rings (SSSR count). The van der Waals surface area contributed by atoms with Crippen LogP contribution in [-0.2, 0) is 4.74 Å². The molecule has 5 N–H and O–H groups in total. The summed E-state index contributed by atoms with van der Waals surface area (Å²) in [7, 11) is 0. The van der Waals surface area contributed by atoms with Crippen molar-refractivity contribution in [3.8, 4) is 0 Å². The molecule has 0 unspecified atom stereocenters. The van der Waals surface area contributed by atoms with Crippen molar-refractivity contribution in [2.24, 2.45) is 4.99 Å². The molecule has 0 saturated carbocycles. The second kappa shape index (κ2) is 5.35. The highest BCUT2D eigenvalue weighted by Crippen LogP contribution is 2.34. The number of ether oxygens (including phenoxy) is 1. The first-order valence-electron chi connectivity index (χ1n) is 6.68. The Kier molecular flexibility index (Phi) is 3.68. The van der Waals surface area contributed by atoms with Gasteiger partial charge in [-0.25, -0.2) is 4.98 Å². The Bertz CT molecular complexity index is 560. The number of aliphatic hydroxyl groups is 4. The van der Waals surface area contributed by atoms with Crippen LogP contribution < -0.4 is 5.32 Å². The zero-order chi connectivity index (χ0) is 15.1. The van der Waals surface area contributed by atoms with Crippen LogP contribution in [0.15, 0.2) is 11.3 Å². The highest BCUT2D eigenvalue weighted by atomic mass is 16.6. The van der Waals surface area contributed by atoms with E-state index in [-0.39, 0.29) is 6.54 Å². The van der Waals surface area contributed by atoms with E-state index in [1.54, 1.807) is 6.92 Å². The van der Waals surface area contributed by atoms with Crippen LogP contribution >= 0.6 is 0 Å². The standard InChI is InChI=1S/C12H18N4O5/c1-5-13-2-6(18)8-11(15-5)16(4-14-8)12-10(20)9(19)7(3-17)21-12/h4,6-7,9-10,12,17-20H,2-3H2,1H3,(H,13,15)/t6-,7+,9+,10+,12+/m1/s1. The van der Waals surface area contributed by atoms with Crippen LogP contribution in [0.4, 0.5) is 5.82 Å². The van der Waals surface area contributed by atoms with Crippen molar-refractivity contribution in [2.75, 3.05) is 18.5 Å². The molecule has 2 aliphatic heterocycles. The van der Waals surface area contributed by atoms with Crippen LogP contribution in [-0.4, -0.2) is 67.3 Å². The maximum absolute atomic E-state index is 10.1. The van der Waals surface area contributed by atoms with Gasteiger partial charge in [0.05, 0.1) is 25.3 Å². The Labute approximate surface area is 120 Å². The van der Waals surface area contributed by atoms with Crippen molar-refractivity contribution in [3.63, 3.8) is 0 Å². The minimum atomic E-state index is -1.21. The van der Waals surface area contributed by atoms with E-state index in [2.05, 4.69) is 15.3 Å². The molecule has 9 nitrogen and oxygen atoms in total. The molecule has 1 aromatic rings. The number of anilines is 1. The van der Waals surface area contributed by atoms with Gasteiger partial charge in [-0.2, -0.15) is 0 Å². The number of fused-ring (bicyclic) bond motifs is 1. The van der Waals surface area contributed by atoms with Crippen LogP contribution in [0.5, 0.6) is 0 Å². The summed E-state index contributed by atoms with van der Waals surface area (Å²) in [6.45, 7) is 1.54. The molecule has 21 heavy (non-hydrogen) atoms. The van der Waals surface area contributed by atoms with Crippen LogP contribution in [0, 0.1) is 0 Å². The first-order chi connectivity index (χ1) is 10.0. The number of hydrogen-bond acceptors (Lipinski definition) is 8. The van der Waals surface area contributed by atoms with Crippen molar-refractivity contribution in [1.29, 1.82) is 0 Å². The molecule has 0 bridgehead atoms. The molecule has 0 aliphatic carbocycles. The van der Waals surface area contributed by atoms with Crippen LogP contribution in [0.3, 0.4) is 0 Å². The average Bonchev–Trinajstić information content (AvgIpc) is 2.95. The fourth-order valence-electron chi connectivity index (χ4n) is 2.57.